The fourth-order valence-corrected chi connectivity index (χ4v) is 2.52. The quantitative estimate of drug-likeness (QED) is 0.726. The summed E-state index contributed by atoms with van der Waals surface area (Å²) in [4.78, 5) is 24.8. The first-order valence-electron chi connectivity index (χ1n) is 8.88. The van der Waals surface area contributed by atoms with Gasteiger partial charge >= 0.3 is 0 Å². The molecule has 0 radical (unpaired) electrons. The Bertz CT molecular complexity index is 567. The number of ether oxygens (including phenoxy) is 1. The van der Waals surface area contributed by atoms with Crippen LogP contribution in [0.1, 0.15) is 38.2 Å². The molecule has 2 N–H and O–H groups in total. The van der Waals surface area contributed by atoms with Crippen LogP contribution in [-0.4, -0.2) is 36.6 Å². The highest BCUT2D eigenvalue weighted by atomic mass is 16.5. The third kappa shape index (κ3) is 5.34. The van der Waals surface area contributed by atoms with Gasteiger partial charge in [0.05, 0.1) is 6.61 Å². The van der Waals surface area contributed by atoms with Crippen molar-refractivity contribution in [2.24, 2.45) is 5.92 Å². The maximum Gasteiger partial charge on any atom is 0.249 e. The van der Waals surface area contributed by atoms with Gasteiger partial charge in [-0.25, -0.2) is 0 Å². The molecule has 0 saturated heterocycles. The van der Waals surface area contributed by atoms with Crippen molar-refractivity contribution >= 4 is 11.8 Å². The van der Waals surface area contributed by atoms with Gasteiger partial charge < -0.3 is 15.4 Å². The fourth-order valence-electron chi connectivity index (χ4n) is 2.52. The monoisotopic (exact) mass is 330 g/mol. The second-order valence-corrected chi connectivity index (χ2v) is 6.95. The van der Waals surface area contributed by atoms with Crippen LogP contribution in [0.5, 0.6) is 0 Å². The van der Waals surface area contributed by atoms with Crippen LogP contribution in [-0.2, 0) is 20.7 Å². The van der Waals surface area contributed by atoms with Crippen LogP contribution in [0.15, 0.2) is 30.3 Å². The maximum absolute atomic E-state index is 12.5. The lowest BCUT2D eigenvalue weighted by atomic mass is 10.0. The Morgan fingerprint density at radius 1 is 1.12 bits per heavy atom. The van der Waals surface area contributed by atoms with E-state index >= 15 is 0 Å². The predicted octanol–water partition coefficient (Wildman–Crippen LogP) is 1.81. The molecule has 24 heavy (non-hydrogen) atoms. The minimum absolute atomic E-state index is 0.107. The van der Waals surface area contributed by atoms with Gasteiger partial charge in [0.25, 0.3) is 0 Å². The first kappa shape index (κ1) is 17.0. The molecule has 1 aromatic carbocycles. The average molecular weight is 330 g/mol. The molecule has 5 heteroatoms. The van der Waals surface area contributed by atoms with Crippen LogP contribution in [0, 0.1) is 5.92 Å². The molecule has 0 aromatic heterocycles. The molecule has 0 spiro atoms. The van der Waals surface area contributed by atoms with Gasteiger partial charge in [-0.2, -0.15) is 0 Å². The normalized spacial score (nSPS) is 19.4. The van der Waals surface area contributed by atoms with Gasteiger partial charge in [-0.1, -0.05) is 30.3 Å². The lowest BCUT2D eigenvalue weighted by Crippen LogP contribution is -2.51. The van der Waals surface area contributed by atoms with E-state index in [0.29, 0.717) is 18.9 Å². The van der Waals surface area contributed by atoms with E-state index in [9.17, 15) is 9.59 Å². The minimum atomic E-state index is -0.563. The molecule has 2 saturated carbocycles. The zero-order chi connectivity index (χ0) is 16.9. The molecule has 2 aliphatic rings. The molecule has 2 unspecified atom stereocenters. The minimum Gasteiger partial charge on any atom is -0.368 e. The number of benzene rings is 1. The van der Waals surface area contributed by atoms with Gasteiger partial charge in [0.15, 0.2) is 0 Å². The molecule has 2 fully saturated rings. The Labute approximate surface area is 143 Å². The summed E-state index contributed by atoms with van der Waals surface area (Å²) in [6, 6.07) is 9.47. The number of carbonyl (C=O) groups is 2. The SMILES string of the molecule is CC(OCC1CC1)C(=O)NC(Cc1ccccc1)C(=O)NC1CC1. The third-order valence-electron chi connectivity index (χ3n) is 4.49. The van der Waals surface area contributed by atoms with Crippen molar-refractivity contribution in [3.63, 3.8) is 0 Å². The molecule has 2 amide bonds. The molecule has 0 heterocycles. The summed E-state index contributed by atoms with van der Waals surface area (Å²) in [5.41, 5.74) is 1.03. The maximum atomic E-state index is 12.5. The predicted molar refractivity (Wildman–Crippen MR) is 91.4 cm³/mol. The van der Waals surface area contributed by atoms with E-state index in [1.807, 2.05) is 30.3 Å². The Hall–Kier alpha value is -1.88. The molecule has 3 rings (SSSR count). The van der Waals surface area contributed by atoms with Crippen molar-refractivity contribution in [3.05, 3.63) is 35.9 Å². The lowest BCUT2D eigenvalue weighted by Gasteiger charge is -2.21. The van der Waals surface area contributed by atoms with Crippen molar-refractivity contribution < 1.29 is 14.3 Å². The van der Waals surface area contributed by atoms with Gasteiger partial charge in [-0.05, 0) is 44.1 Å². The van der Waals surface area contributed by atoms with Crippen molar-refractivity contribution in [2.75, 3.05) is 6.61 Å². The van der Waals surface area contributed by atoms with Crippen molar-refractivity contribution in [1.82, 2.24) is 10.6 Å². The molecule has 130 valence electrons. The molecule has 2 aliphatic carbocycles. The van der Waals surface area contributed by atoms with E-state index in [4.69, 9.17) is 4.74 Å². The summed E-state index contributed by atoms with van der Waals surface area (Å²) in [5.74, 6) is 0.283. The Kier molecular flexibility index (Phi) is 5.51. The van der Waals surface area contributed by atoms with E-state index in [-0.39, 0.29) is 17.9 Å². The molecule has 0 bridgehead atoms. The number of rotatable bonds is 9. The summed E-state index contributed by atoms with van der Waals surface area (Å²) >= 11 is 0. The molecular formula is C19H26N2O3. The molecule has 2 atom stereocenters. The summed E-state index contributed by atoms with van der Waals surface area (Å²) in [7, 11) is 0. The Morgan fingerprint density at radius 3 is 2.46 bits per heavy atom. The van der Waals surface area contributed by atoms with Gasteiger partial charge in [-0.3, -0.25) is 9.59 Å². The van der Waals surface area contributed by atoms with Gasteiger partial charge in [0.2, 0.25) is 11.8 Å². The van der Waals surface area contributed by atoms with E-state index < -0.39 is 12.1 Å². The van der Waals surface area contributed by atoms with E-state index in [0.717, 1.165) is 18.4 Å². The topological polar surface area (TPSA) is 67.4 Å². The van der Waals surface area contributed by atoms with Crippen molar-refractivity contribution in [3.8, 4) is 0 Å². The van der Waals surface area contributed by atoms with Crippen LogP contribution in [0.4, 0.5) is 0 Å². The van der Waals surface area contributed by atoms with Crippen LogP contribution < -0.4 is 10.6 Å². The van der Waals surface area contributed by atoms with Crippen molar-refractivity contribution in [2.45, 2.75) is 57.2 Å². The fraction of sp³-hybridized carbons (Fsp3) is 0.579. The van der Waals surface area contributed by atoms with Crippen LogP contribution in [0.3, 0.4) is 0 Å². The Morgan fingerprint density at radius 2 is 1.83 bits per heavy atom. The number of hydrogen-bond donors (Lipinski definition) is 2. The second-order valence-electron chi connectivity index (χ2n) is 6.95. The zero-order valence-corrected chi connectivity index (χ0v) is 14.2. The summed E-state index contributed by atoms with van der Waals surface area (Å²) in [6.07, 6.45) is 4.39. The molecule has 0 aliphatic heterocycles. The summed E-state index contributed by atoms with van der Waals surface area (Å²) < 4.78 is 5.61. The number of amides is 2. The van der Waals surface area contributed by atoms with Crippen LogP contribution in [0.25, 0.3) is 0 Å². The number of nitrogens with one attached hydrogen (secondary N) is 2. The highest BCUT2D eigenvalue weighted by molar-refractivity contribution is 5.89. The van der Waals surface area contributed by atoms with Gasteiger partial charge in [0, 0.05) is 12.5 Å². The van der Waals surface area contributed by atoms with Gasteiger partial charge in [0.1, 0.15) is 12.1 Å². The first-order valence-corrected chi connectivity index (χ1v) is 8.88. The van der Waals surface area contributed by atoms with Crippen molar-refractivity contribution in [1.29, 1.82) is 0 Å². The Balaban J connectivity index is 1.56. The zero-order valence-electron chi connectivity index (χ0n) is 14.2. The standard InChI is InChI=1S/C19H26N2O3/c1-13(24-12-15-7-8-15)18(22)21-17(19(23)20-16-9-10-16)11-14-5-3-2-4-6-14/h2-6,13,15-17H,7-12H2,1H3,(H,20,23)(H,21,22). The second kappa shape index (κ2) is 7.79. The van der Waals surface area contributed by atoms with Crippen LogP contribution >= 0.6 is 0 Å². The highest BCUT2D eigenvalue weighted by Gasteiger charge is 2.30. The van der Waals surface area contributed by atoms with E-state index in [2.05, 4.69) is 10.6 Å². The summed E-state index contributed by atoms with van der Waals surface area (Å²) in [5, 5.41) is 5.85. The lowest BCUT2D eigenvalue weighted by molar-refractivity contribution is -0.136. The number of carbonyl (C=O) groups excluding carboxylic acids is 2. The van der Waals surface area contributed by atoms with E-state index in [1.165, 1.54) is 12.8 Å². The van der Waals surface area contributed by atoms with Gasteiger partial charge in [-0.15, -0.1) is 0 Å². The smallest absolute Gasteiger partial charge is 0.249 e. The third-order valence-corrected chi connectivity index (χ3v) is 4.49. The van der Waals surface area contributed by atoms with Crippen LogP contribution in [0.2, 0.25) is 0 Å². The first-order chi connectivity index (χ1) is 11.6. The highest BCUT2D eigenvalue weighted by Crippen LogP contribution is 2.29. The number of hydrogen-bond acceptors (Lipinski definition) is 3. The molecule has 1 aromatic rings. The van der Waals surface area contributed by atoms with E-state index in [1.54, 1.807) is 6.92 Å². The molecule has 5 nitrogen and oxygen atoms in total. The molecular weight excluding hydrogens is 304 g/mol. The summed E-state index contributed by atoms with van der Waals surface area (Å²) in [6.45, 7) is 2.38. The average Bonchev–Trinajstić information content (AvgIpc) is 3.48. The largest absolute Gasteiger partial charge is 0.368 e.